The first-order valence-corrected chi connectivity index (χ1v) is 7.39. The molecule has 1 amide bonds. The summed E-state index contributed by atoms with van der Waals surface area (Å²) in [7, 11) is 0. The van der Waals surface area contributed by atoms with Gasteiger partial charge >= 0.3 is 0 Å². The fourth-order valence-corrected chi connectivity index (χ4v) is 2.40. The zero-order chi connectivity index (χ0) is 15.9. The van der Waals surface area contributed by atoms with Gasteiger partial charge in [0.1, 0.15) is 5.82 Å². The monoisotopic (exact) mass is 300 g/mol. The smallest absolute Gasteiger partial charge is 0.222 e. The number of carbonyl (C=O) groups is 1. The van der Waals surface area contributed by atoms with E-state index in [1.165, 1.54) is 6.07 Å². The molecule has 3 N–H and O–H groups in total. The van der Waals surface area contributed by atoms with Crippen LogP contribution in [0.15, 0.2) is 54.6 Å². The molecule has 0 heterocycles. The Labute approximate surface area is 130 Å². The molecule has 0 aliphatic heterocycles. The van der Waals surface area contributed by atoms with Crippen molar-refractivity contribution in [3.8, 4) is 0 Å². The topological polar surface area (TPSA) is 55.1 Å². The van der Waals surface area contributed by atoms with Gasteiger partial charge < -0.3 is 11.1 Å². The standard InChI is InChI=1S/C18H21FN2O/c1-13(11-15-9-5-6-10-16(15)19)21-18(22)12-17(20)14-7-3-2-4-8-14/h2-10,13,17H,11-12,20H2,1H3,(H,21,22). The Hall–Kier alpha value is -2.20. The maximum atomic E-state index is 13.6. The summed E-state index contributed by atoms with van der Waals surface area (Å²) in [5, 5.41) is 2.87. The third-order valence-corrected chi connectivity index (χ3v) is 3.52. The highest BCUT2D eigenvalue weighted by Gasteiger charge is 2.14. The Balaban J connectivity index is 1.85. The molecule has 0 aromatic heterocycles. The van der Waals surface area contributed by atoms with Gasteiger partial charge in [-0.15, -0.1) is 0 Å². The van der Waals surface area contributed by atoms with Gasteiger partial charge in [-0.1, -0.05) is 48.5 Å². The Kier molecular flexibility index (Phi) is 5.67. The van der Waals surface area contributed by atoms with Crippen LogP contribution in [0.2, 0.25) is 0 Å². The summed E-state index contributed by atoms with van der Waals surface area (Å²) in [6.45, 7) is 1.86. The molecule has 2 aromatic rings. The van der Waals surface area contributed by atoms with Gasteiger partial charge in [-0.2, -0.15) is 0 Å². The molecule has 2 atom stereocenters. The number of rotatable bonds is 6. The minimum Gasteiger partial charge on any atom is -0.353 e. The number of hydrogen-bond donors (Lipinski definition) is 2. The van der Waals surface area contributed by atoms with E-state index in [4.69, 9.17) is 5.73 Å². The Morgan fingerprint density at radius 1 is 1.14 bits per heavy atom. The molecule has 2 aromatic carbocycles. The van der Waals surface area contributed by atoms with Crippen LogP contribution in [0.5, 0.6) is 0 Å². The maximum Gasteiger partial charge on any atom is 0.222 e. The van der Waals surface area contributed by atoms with Crippen LogP contribution in [0, 0.1) is 5.82 Å². The van der Waals surface area contributed by atoms with E-state index in [9.17, 15) is 9.18 Å². The fourth-order valence-electron chi connectivity index (χ4n) is 2.40. The van der Waals surface area contributed by atoms with Crippen LogP contribution in [0.4, 0.5) is 4.39 Å². The molecule has 0 bridgehead atoms. The normalized spacial score (nSPS) is 13.4. The number of halogens is 1. The molecule has 3 nitrogen and oxygen atoms in total. The van der Waals surface area contributed by atoms with Crippen molar-refractivity contribution < 1.29 is 9.18 Å². The zero-order valence-corrected chi connectivity index (χ0v) is 12.6. The van der Waals surface area contributed by atoms with Gasteiger partial charge in [0, 0.05) is 18.5 Å². The Morgan fingerprint density at radius 2 is 1.77 bits per heavy atom. The van der Waals surface area contributed by atoms with Gasteiger partial charge in [0.05, 0.1) is 0 Å². The number of benzene rings is 2. The third kappa shape index (κ3) is 4.67. The van der Waals surface area contributed by atoms with E-state index in [1.54, 1.807) is 18.2 Å². The highest BCUT2D eigenvalue weighted by Crippen LogP contribution is 2.14. The first-order chi connectivity index (χ1) is 10.6. The van der Waals surface area contributed by atoms with Crippen LogP contribution >= 0.6 is 0 Å². The van der Waals surface area contributed by atoms with Crippen LogP contribution in [-0.2, 0) is 11.2 Å². The molecule has 116 valence electrons. The lowest BCUT2D eigenvalue weighted by atomic mass is 10.0. The van der Waals surface area contributed by atoms with Gasteiger partial charge in [-0.25, -0.2) is 4.39 Å². The van der Waals surface area contributed by atoms with E-state index < -0.39 is 0 Å². The van der Waals surface area contributed by atoms with E-state index in [0.29, 0.717) is 12.0 Å². The second-order valence-corrected chi connectivity index (χ2v) is 5.49. The van der Waals surface area contributed by atoms with Crippen molar-refractivity contribution in [3.63, 3.8) is 0 Å². The summed E-state index contributed by atoms with van der Waals surface area (Å²) in [5.41, 5.74) is 7.56. The first-order valence-electron chi connectivity index (χ1n) is 7.39. The highest BCUT2D eigenvalue weighted by molar-refractivity contribution is 5.77. The molecular weight excluding hydrogens is 279 g/mol. The molecule has 0 saturated carbocycles. The van der Waals surface area contributed by atoms with Crippen LogP contribution in [-0.4, -0.2) is 11.9 Å². The van der Waals surface area contributed by atoms with Crippen LogP contribution in [0.1, 0.15) is 30.5 Å². The molecule has 0 radical (unpaired) electrons. The second-order valence-electron chi connectivity index (χ2n) is 5.49. The van der Waals surface area contributed by atoms with Gasteiger partial charge in [0.2, 0.25) is 5.91 Å². The number of nitrogens with two attached hydrogens (primary N) is 1. The van der Waals surface area contributed by atoms with Gasteiger partial charge in [0.15, 0.2) is 0 Å². The van der Waals surface area contributed by atoms with E-state index >= 15 is 0 Å². The molecule has 0 saturated heterocycles. The molecule has 0 aliphatic rings. The summed E-state index contributed by atoms with van der Waals surface area (Å²) in [4.78, 5) is 12.0. The third-order valence-electron chi connectivity index (χ3n) is 3.52. The van der Waals surface area contributed by atoms with Crippen molar-refractivity contribution in [2.45, 2.75) is 31.8 Å². The van der Waals surface area contributed by atoms with Crippen LogP contribution < -0.4 is 11.1 Å². The Bertz CT molecular complexity index is 615. The largest absolute Gasteiger partial charge is 0.353 e. The van der Waals surface area contributed by atoms with Gasteiger partial charge in [0.25, 0.3) is 0 Å². The minimum atomic E-state index is -0.332. The van der Waals surface area contributed by atoms with Gasteiger partial charge in [-0.05, 0) is 30.5 Å². The summed E-state index contributed by atoms with van der Waals surface area (Å²) in [6.07, 6.45) is 0.671. The maximum absolute atomic E-state index is 13.6. The number of hydrogen-bond acceptors (Lipinski definition) is 2. The molecular formula is C18H21FN2O. The number of carbonyl (C=O) groups excluding carboxylic acids is 1. The van der Waals surface area contributed by atoms with Crippen molar-refractivity contribution in [3.05, 3.63) is 71.5 Å². The number of nitrogens with one attached hydrogen (secondary N) is 1. The summed E-state index contributed by atoms with van der Waals surface area (Å²) < 4.78 is 13.6. The molecule has 2 rings (SSSR count). The van der Waals surface area contributed by atoms with Crippen molar-refractivity contribution in [2.75, 3.05) is 0 Å². The highest BCUT2D eigenvalue weighted by atomic mass is 19.1. The molecule has 4 heteroatoms. The fraction of sp³-hybridized carbons (Fsp3) is 0.278. The van der Waals surface area contributed by atoms with E-state index in [-0.39, 0.29) is 30.2 Å². The summed E-state index contributed by atoms with van der Waals surface area (Å²) in [5.74, 6) is -0.371. The molecule has 0 fully saturated rings. The van der Waals surface area contributed by atoms with Crippen LogP contribution in [0.3, 0.4) is 0 Å². The van der Waals surface area contributed by atoms with Crippen molar-refractivity contribution in [1.29, 1.82) is 0 Å². The van der Waals surface area contributed by atoms with Crippen LogP contribution in [0.25, 0.3) is 0 Å². The lowest BCUT2D eigenvalue weighted by molar-refractivity contribution is -0.122. The SMILES string of the molecule is CC(Cc1ccccc1F)NC(=O)CC(N)c1ccccc1. The second kappa shape index (κ2) is 7.71. The van der Waals surface area contributed by atoms with Crippen molar-refractivity contribution in [2.24, 2.45) is 5.73 Å². The lowest BCUT2D eigenvalue weighted by Gasteiger charge is -2.17. The van der Waals surface area contributed by atoms with E-state index in [2.05, 4.69) is 5.32 Å². The predicted molar refractivity (Wildman–Crippen MR) is 85.7 cm³/mol. The summed E-state index contributed by atoms with van der Waals surface area (Å²) in [6, 6.07) is 15.6. The van der Waals surface area contributed by atoms with E-state index in [0.717, 1.165) is 5.56 Å². The Morgan fingerprint density at radius 3 is 2.45 bits per heavy atom. The number of amides is 1. The molecule has 0 aliphatic carbocycles. The quantitative estimate of drug-likeness (QED) is 0.861. The molecule has 0 spiro atoms. The minimum absolute atomic E-state index is 0.125. The average molecular weight is 300 g/mol. The first kappa shape index (κ1) is 16.2. The lowest BCUT2D eigenvalue weighted by Crippen LogP contribution is -2.36. The van der Waals surface area contributed by atoms with Gasteiger partial charge in [-0.3, -0.25) is 4.79 Å². The average Bonchev–Trinajstić information content (AvgIpc) is 2.50. The van der Waals surface area contributed by atoms with E-state index in [1.807, 2.05) is 37.3 Å². The zero-order valence-electron chi connectivity index (χ0n) is 12.6. The molecule has 22 heavy (non-hydrogen) atoms. The predicted octanol–water partition coefficient (Wildman–Crippen LogP) is 2.96. The molecule has 2 unspecified atom stereocenters. The summed E-state index contributed by atoms with van der Waals surface area (Å²) >= 11 is 0. The van der Waals surface area contributed by atoms with Crippen molar-refractivity contribution >= 4 is 5.91 Å². The van der Waals surface area contributed by atoms with Crippen molar-refractivity contribution in [1.82, 2.24) is 5.32 Å².